The Hall–Kier alpha value is -1.08. The SMILES string of the molecule is CC(C)OC(C)(C)C/C=C/c1cccc(C(C)C)c1. The van der Waals surface area contributed by atoms with E-state index in [2.05, 4.69) is 78.0 Å². The predicted octanol–water partition coefficient (Wildman–Crippen LogP) is 5.42. The van der Waals surface area contributed by atoms with E-state index in [1.54, 1.807) is 0 Å². The van der Waals surface area contributed by atoms with Crippen molar-refractivity contribution < 1.29 is 4.74 Å². The van der Waals surface area contributed by atoms with E-state index in [-0.39, 0.29) is 11.7 Å². The van der Waals surface area contributed by atoms with Crippen LogP contribution in [0.25, 0.3) is 6.08 Å². The van der Waals surface area contributed by atoms with Gasteiger partial charge in [-0.2, -0.15) is 0 Å². The lowest BCUT2D eigenvalue weighted by atomic mass is 9.99. The van der Waals surface area contributed by atoms with Crippen molar-refractivity contribution >= 4 is 6.08 Å². The van der Waals surface area contributed by atoms with Crippen LogP contribution in [-0.4, -0.2) is 11.7 Å². The fraction of sp³-hybridized carbons (Fsp3) is 0.556. The van der Waals surface area contributed by atoms with E-state index < -0.39 is 0 Å². The largest absolute Gasteiger partial charge is 0.373 e. The van der Waals surface area contributed by atoms with Crippen LogP contribution in [0.4, 0.5) is 0 Å². The molecule has 0 aromatic heterocycles. The molecule has 0 unspecified atom stereocenters. The van der Waals surface area contributed by atoms with Crippen LogP contribution in [0.1, 0.15) is 65.0 Å². The van der Waals surface area contributed by atoms with Crippen molar-refractivity contribution in [2.24, 2.45) is 0 Å². The fourth-order valence-electron chi connectivity index (χ4n) is 2.19. The molecule has 0 amide bonds. The monoisotopic (exact) mass is 260 g/mol. The second kappa shape index (κ2) is 6.91. The third-order valence-electron chi connectivity index (χ3n) is 3.05. The summed E-state index contributed by atoms with van der Waals surface area (Å²) in [6, 6.07) is 8.73. The summed E-state index contributed by atoms with van der Waals surface area (Å²) in [5.41, 5.74) is 2.56. The normalized spacial score (nSPS) is 12.8. The highest BCUT2D eigenvalue weighted by Gasteiger charge is 2.17. The minimum absolute atomic E-state index is 0.0969. The molecule has 0 aliphatic rings. The molecule has 1 aromatic carbocycles. The highest BCUT2D eigenvalue weighted by molar-refractivity contribution is 5.50. The number of hydrogen-bond acceptors (Lipinski definition) is 1. The smallest absolute Gasteiger partial charge is 0.0664 e. The van der Waals surface area contributed by atoms with Crippen molar-refractivity contribution in [3.63, 3.8) is 0 Å². The molecule has 0 atom stereocenters. The van der Waals surface area contributed by atoms with Crippen molar-refractivity contribution in [2.75, 3.05) is 0 Å². The number of benzene rings is 1. The van der Waals surface area contributed by atoms with Crippen LogP contribution in [-0.2, 0) is 4.74 Å². The van der Waals surface area contributed by atoms with E-state index in [9.17, 15) is 0 Å². The molecule has 0 heterocycles. The van der Waals surface area contributed by atoms with Gasteiger partial charge >= 0.3 is 0 Å². The second-order valence-corrected chi connectivity index (χ2v) is 6.36. The number of rotatable bonds is 6. The molecule has 1 nitrogen and oxygen atoms in total. The Balaban J connectivity index is 2.64. The summed E-state index contributed by atoms with van der Waals surface area (Å²) >= 11 is 0. The van der Waals surface area contributed by atoms with Crippen LogP contribution in [0.2, 0.25) is 0 Å². The Kier molecular flexibility index (Phi) is 5.81. The van der Waals surface area contributed by atoms with Crippen LogP contribution >= 0.6 is 0 Å². The first-order chi connectivity index (χ1) is 8.80. The van der Waals surface area contributed by atoms with Gasteiger partial charge in [0.25, 0.3) is 0 Å². The van der Waals surface area contributed by atoms with E-state index in [1.165, 1.54) is 11.1 Å². The van der Waals surface area contributed by atoms with Gasteiger partial charge in [0.2, 0.25) is 0 Å². The summed E-state index contributed by atoms with van der Waals surface area (Å²) in [4.78, 5) is 0. The quantitative estimate of drug-likeness (QED) is 0.664. The van der Waals surface area contributed by atoms with Gasteiger partial charge in [0, 0.05) is 0 Å². The van der Waals surface area contributed by atoms with E-state index in [4.69, 9.17) is 4.74 Å². The number of hydrogen-bond donors (Lipinski definition) is 0. The zero-order valence-corrected chi connectivity index (χ0v) is 13.2. The van der Waals surface area contributed by atoms with Crippen molar-refractivity contribution in [2.45, 2.75) is 65.6 Å². The van der Waals surface area contributed by atoms with Crippen molar-refractivity contribution in [1.82, 2.24) is 0 Å². The first-order valence-electron chi connectivity index (χ1n) is 7.24. The number of ether oxygens (including phenoxy) is 1. The maximum Gasteiger partial charge on any atom is 0.0664 e. The van der Waals surface area contributed by atoms with Gasteiger partial charge in [0.1, 0.15) is 0 Å². The molecular formula is C18H28O. The molecule has 0 N–H and O–H groups in total. The molecule has 1 heteroatoms. The predicted molar refractivity (Wildman–Crippen MR) is 84.5 cm³/mol. The minimum atomic E-state index is -0.0969. The third kappa shape index (κ3) is 6.07. The van der Waals surface area contributed by atoms with Gasteiger partial charge in [-0.1, -0.05) is 50.3 Å². The standard InChI is InChI=1S/C18H28O/c1-14(2)17-11-7-9-16(13-17)10-8-12-18(5,6)19-15(3)4/h7-11,13-15H,12H2,1-6H3/b10-8+. The van der Waals surface area contributed by atoms with Gasteiger partial charge in [0.05, 0.1) is 11.7 Å². The summed E-state index contributed by atoms with van der Waals surface area (Å²) in [6.07, 6.45) is 5.60. The Morgan fingerprint density at radius 1 is 1.16 bits per heavy atom. The summed E-state index contributed by atoms with van der Waals surface area (Å²) in [6.45, 7) is 12.9. The summed E-state index contributed by atoms with van der Waals surface area (Å²) in [5, 5.41) is 0. The highest BCUT2D eigenvalue weighted by atomic mass is 16.5. The minimum Gasteiger partial charge on any atom is -0.373 e. The Labute approximate surface area is 118 Å². The summed E-state index contributed by atoms with van der Waals surface area (Å²) in [5.74, 6) is 0.578. The fourth-order valence-corrected chi connectivity index (χ4v) is 2.19. The van der Waals surface area contributed by atoms with Gasteiger partial charge in [-0.15, -0.1) is 0 Å². The Morgan fingerprint density at radius 3 is 2.42 bits per heavy atom. The van der Waals surface area contributed by atoms with Crippen LogP contribution in [0.3, 0.4) is 0 Å². The van der Waals surface area contributed by atoms with Gasteiger partial charge in [0.15, 0.2) is 0 Å². The summed E-state index contributed by atoms with van der Waals surface area (Å²) in [7, 11) is 0. The average Bonchev–Trinajstić information content (AvgIpc) is 2.27. The topological polar surface area (TPSA) is 9.23 Å². The van der Waals surface area contributed by atoms with Crippen LogP contribution in [0, 0.1) is 0 Å². The van der Waals surface area contributed by atoms with Gasteiger partial charge < -0.3 is 4.74 Å². The first kappa shape index (κ1) is 16.0. The zero-order valence-electron chi connectivity index (χ0n) is 13.2. The first-order valence-corrected chi connectivity index (χ1v) is 7.24. The van der Waals surface area contributed by atoms with Gasteiger partial charge in [-0.25, -0.2) is 0 Å². The lowest BCUT2D eigenvalue weighted by molar-refractivity contribution is -0.0529. The van der Waals surface area contributed by atoms with Crippen molar-refractivity contribution in [3.8, 4) is 0 Å². The molecule has 1 aromatic rings. The molecule has 0 aliphatic heterocycles. The maximum absolute atomic E-state index is 5.89. The Morgan fingerprint density at radius 2 is 1.84 bits per heavy atom. The van der Waals surface area contributed by atoms with Crippen LogP contribution in [0.15, 0.2) is 30.3 Å². The van der Waals surface area contributed by atoms with E-state index in [1.807, 2.05) is 0 Å². The molecule has 106 valence electrons. The van der Waals surface area contributed by atoms with Gasteiger partial charge in [-0.3, -0.25) is 0 Å². The molecule has 0 aliphatic carbocycles. The molecule has 19 heavy (non-hydrogen) atoms. The molecule has 0 spiro atoms. The molecule has 1 rings (SSSR count). The van der Waals surface area contributed by atoms with E-state index >= 15 is 0 Å². The second-order valence-electron chi connectivity index (χ2n) is 6.36. The van der Waals surface area contributed by atoms with Crippen molar-refractivity contribution in [1.29, 1.82) is 0 Å². The van der Waals surface area contributed by atoms with E-state index in [0.29, 0.717) is 5.92 Å². The zero-order chi connectivity index (χ0) is 14.5. The molecule has 0 saturated heterocycles. The molecule has 0 saturated carbocycles. The molecular weight excluding hydrogens is 232 g/mol. The lowest BCUT2D eigenvalue weighted by Gasteiger charge is -2.26. The molecule has 0 fully saturated rings. The highest BCUT2D eigenvalue weighted by Crippen LogP contribution is 2.20. The van der Waals surface area contributed by atoms with Crippen molar-refractivity contribution in [3.05, 3.63) is 41.5 Å². The maximum atomic E-state index is 5.89. The summed E-state index contributed by atoms with van der Waals surface area (Å²) < 4.78 is 5.89. The molecule has 0 bridgehead atoms. The third-order valence-corrected chi connectivity index (χ3v) is 3.05. The Bertz CT molecular complexity index is 413. The van der Waals surface area contributed by atoms with Gasteiger partial charge in [-0.05, 0) is 51.2 Å². The average molecular weight is 260 g/mol. The van der Waals surface area contributed by atoms with Crippen LogP contribution < -0.4 is 0 Å². The lowest BCUT2D eigenvalue weighted by Crippen LogP contribution is -2.27. The molecule has 0 radical (unpaired) electrons. The van der Waals surface area contributed by atoms with E-state index in [0.717, 1.165) is 6.42 Å². The van der Waals surface area contributed by atoms with Crippen LogP contribution in [0.5, 0.6) is 0 Å².